The molecule has 7 nitrogen and oxygen atoms in total. The van der Waals surface area contributed by atoms with Crippen LogP contribution in [0.1, 0.15) is 18.2 Å². The van der Waals surface area contributed by atoms with E-state index in [1.807, 2.05) is 36.4 Å². The molecule has 0 N–H and O–H groups in total. The quantitative estimate of drug-likeness (QED) is 0.801. The van der Waals surface area contributed by atoms with Crippen molar-refractivity contribution >= 4 is 5.97 Å². The number of hydrogen-bond acceptors (Lipinski definition) is 6. The monoisotopic (exact) mass is 312 g/mol. The van der Waals surface area contributed by atoms with Gasteiger partial charge in [-0.2, -0.15) is 0 Å². The Bertz CT molecular complexity index is 762. The molecule has 1 aliphatic rings. The Kier molecular flexibility index (Phi) is 4.18. The van der Waals surface area contributed by atoms with Crippen LogP contribution in [0.5, 0.6) is 5.75 Å². The van der Waals surface area contributed by atoms with E-state index in [0.29, 0.717) is 17.8 Å². The molecule has 0 bridgehead atoms. The van der Waals surface area contributed by atoms with Crippen molar-refractivity contribution in [1.82, 2.24) is 20.2 Å². The molecule has 0 amide bonds. The summed E-state index contributed by atoms with van der Waals surface area (Å²) in [5, 5.41) is 12.6. The van der Waals surface area contributed by atoms with Crippen LogP contribution in [0.3, 0.4) is 0 Å². The highest BCUT2D eigenvalue weighted by Crippen LogP contribution is 2.29. The average Bonchev–Trinajstić information content (AvgIpc) is 3.11. The lowest BCUT2D eigenvalue weighted by Gasteiger charge is -2.16. The van der Waals surface area contributed by atoms with Gasteiger partial charge in [0.25, 0.3) is 0 Å². The number of benzene rings is 1. The summed E-state index contributed by atoms with van der Waals surface area (Å²) in [4.78, 5) is 13.3. The zero-order valence-corrected chi connectivity index (χ0v) is 12.8. The van der Waals surface area contributed by atoms with Crippen LogP contribution >= 0.6 is 0 Å². The molecule has 1 atom stereocenters. The van der Waals surface area contributed by atoms with Crippen molar-refractivity contribution in [2.45, 2.75) is 12.3 Å². The normalized spacial score (nSPS) is 16.8. The number of hydrogen-bond donors (Lipinski definition) is 0. The van der Waals surface area contributed by atoms with Gasteiger partial charge in [-0.25, -0.2) is 4.79 Å². The fourth-order valence-electron chi connectivity index (χ4n) is 2.39. The van der Waals surface area contributed by atoms with Crippen molar-refractivity contribution in [3.63, 3.8) is 0 Å². The van der Waals surface area contributed by atoms with E-state index in [1.54, 1.807) is 13.2 Å². The van der Waals surface area contributed by atoms with Crippen molar-refractivity contribution in [1.29, 1.82) is 0 Å². The van der Waals surface area contributed by atoms with Crippen molar-refractivity contribution in [3.8, 4) is 11.4 Å². The van der Waals surface area contributed by atoms with Crippen molar-refractivity contribution in [2.75, 3.05) is 14.2 Å². The van der Waals surface area contributed by atoms with Gasteiger partial charge in [-0.15, -0.1) is 15.0 Å². The molecule has 3 rings (SSSR count). The summed E-state index contributed by atoms with van der Waals surface area (Å²) in [7, 11) is 2.97. The molecule has 118 valence electrons. The summed E-state index contributed by atoms with van der Waals surface area (Å²) >= 11 is 0. The maximum Gasteiger partial charge on any atom is 0.334 e. The molecule has 1 unspecified atom stereocenters. The molecule has 1 aromatic heterocycles. The summed E-state index contributed by atoms with van der Waals surface area (Å²) in [6.07, 6.45) is 6.16. The standard InChI is InChI=1S/C16H16N4O3/c1-22-12-9-7-11(8-10-12)20-18-15(17-19-20)13-5-3-4-6-14(13)16(21)23-2/h3-4,6-10,13H,5H2,1-2H3. The number of methoxy groups -OCH3 is 2. The van der Waals surface area contributed by atoms with E-state index in [2.05, 4.69) is 15.4 Å². The van der Waals surface area contributed by atoms with E-state index in [0.717, 1.165) is 11.4 Å². The zero-order valence-electron chi connectivity index (χ0n) is 12.8. The third kappa shape index (κ3) is 2.98. The van der Waals surface area contributed by atoms with E-state index in [-0.39, 0.29) is 11.9 Å². The minimum Gasteiger partial charge on any atom is -0.497 e. The minimum absolute atomic E-state index is 0.251. The van der Waals surface area contributed by atoms with Crippen LogP contribution in [0.25, 0.3) is 5.69 Å². The Morgan fingerprint density at radius 2 is 2.04 bits per heavy atom. The Morgan fingerprint density at radius 3 is 2.74 bits per heavy atom. The molecule has 1 aromatic carbocycles. The van der Waals surface area contributed by atoms with Gasteiger partial charge in [0, 0.05) is 5.57 Å². The van der Waals surface area contributed by atoms with Crippen molar-refractivity contribution in [3.05, 3.63) is 53.9 Å². The van der Waals surface area contributed by atoms with Crippen molar-refractivity contribution in [2.24, 2.45) is 0 Å². The molecule has 0 saturated heterocycles. The summed E-state index contributed by atoms with van der Waals surface area (Å²) in [5.41, 5.74) is 1.30. The maximum atomic E-state index is 11.9. The topological polar surface area (TPSA) is 79.1 Å². The predicted octanol–water partition coefficient (Wildman–Crippen LogP) is 1.81. The lowest BCUT2D eigenvalue weighted by Crippen LogP contribution is -2.16. The summed E-state index contributed by atoms with van der Waals surface area (Å²) in [6.45, 7) is 0. The largest absolute Gasteiger partial charge is 0.497 e. The van der Waals surface area contributed by atoms with Crippen LogP contribution in [0.4, 0.5) is 0 Å². The first-order valence-corrected chi connectivity index (χ1v) is 7.12. The van der Waals surface area contributed by atoms with E-state index < -0.39 is 0 Å². The Hall–Kier alpha value is -2.96. The number of carbonyl (C=O) groups excluding carboxylic acids is 1. The number of tetrazole rings is 1. The van der Waals surface area contributed by atoms with E-state index in [9.17, 15) is 4.79 Å². The third-order valence-corrected chi connectivity index (χ3v) is 3.62. The Labute approximate surface area is 133 Å². The van der Waals surface area contributed by atoms with Gasteiger partial charge in [-0.1, -0.05) is 18.2 Å². The zero-order chi connectivity index (χ0) is 16.2. The average molecular weight is 312 g/mol. The summed E-state index contributed by atoms with van der Waals surface area (Å²) in [6, 6.07) is 7.31. The molecule has 23 heavy (non-hydrogen) atoms. The number of ether oxygens (including phenoxy) is 2. The molecule has 0 saturated carbocycles. The van der Waals surface area contributed by atoms with Gasteiger partial charge in [0.15, 0.2) is 5.82 Å². The molecule has 0 aliphatic heterocycles. The third-order valence-electron chi connectivity index (χ3n) is 3.62. The summed E-state index contributed by atoms with van der Waals surface area (Å²) < 4.78 is 9.95. The highest BCUT2D eigenvalue weighted by atomic mass is 16.5. The fourth-order valence-corrected chi connectivity index (χ4v) is 2.39. The second-order valence-corrected chi connectivity index (χ2v) is 4.97. The van der Waals surface area contributed by atoms with Gasteiger partial charge in [0.2, 0.25) is 0 Å². The van der Waals surface area contributed by atoms with Gasteiger partial charge in [-0.05, 0) is 35.9 Å². The first-order chi connectivity index (χ1) is 11.2. The molecular formula is C16H16N4O3. The molecule has 7 heteroatoms. The highest BCUT2D eigenvalue weighted by Gasteiger charge is 2.27. The minimum atomic E-state index is -0.375. The van der Waals surface area contributed by atoms with E-state index in [1.165, 1.54) is 11.9 Å². The molecule has 1 heterocycles. The van der Waals surface area contributed by atoms with Crippen LogP contribution in [-0.4, -0.2) is 40.4 Å². The van der Waals surface area contributed by atoms with Gasteiger partial charge < -0.3 is 9.47 Å². The van der Waals surface area contributed by atoms with E-state index in [4.69, 9.17) is 9.47 Å². The number of nitrogens with zero attached hydrogens (tertiary/aromatic N) is 4. The van der Waals surface area contributed by atoms with Crippen LogP contribution < -0.4 is 4.74 Å². The van der Waals surface area contributed by atoms with Gasteiger partial charge >= 0.3 is 5.97 Å². The molecule has 2 aromatic rings. The number of carbonyl (C=O) groups is 1. The van der Waals surface area contributed by atoms with Gasteiger partial charge in [-0.3, -0.25) is 0 Å². The SMILES string of the molecule is COC(=O)C1=CC=CCC1c1nnn(-c2ccc(OC)cc2)n1. The first kappa shape index (κ1) is 15.0. The van der Waals surface area contributed by atoms with Crippen molar-refractivity contribution < 1.29 is 14.3 Å². The number of esters is 1. The molecular weight excluding hydrogens is 296 g/mol. The van der Waals surface area contributed by atoms with E-state index >= 15 is 0 Å². The van der Waals surface area contributed by atoms with Crippen LogP contribution in [0.15, 0.2) is 48.1 Å². The fraction of sp³-hybridized carbons (Fsp3) is 0.250. The predicted molar refractivity (Wildman–Crippen MR) is 82.3 cm³/mol. The lowest BCUT2D eigenvalue weighted by molar-refractivity contribution is -0.136. The van der Waals surface area contributed by atoms with Crippen LogP contribution in [-0.2, 0) is 9.53 Å². The number of rotatable bonds is 4. The second-order valence-electron chi connectivity index (χ2n) is 4.97. The Morgan fingerprint density at radius 1 is 1.26 bits per heavy atom. The van der Waals surface area contributed by atoms with Crippen LogP contribution in [0.2, 0.25) is 0 Å². The maximum absolute atomic E-state index is 11.9. The first-order valence-electron chi connectivity index (χ1n) is 7.12. The summed E-state index contributed by atoms with van der Waals surface area (Å²) in [5.74, 6) is 0.615. The number of allylic oxidation sites excluding steroid dienone is 3. The molecule has 0 spiro atoms. The smallest absolute Gasteiger partial charge is 0.334 e. The van der Waals surface area contributed by atoms with Gasteiger partial charge in [0.05, 0.1) is 25.8 Å². The lowest BCUT2D eigenvalue weighted by atomic mass is 9.91. The molecule has 1 aliphatic carbocycles. The highest BCUT2D eigenvalue weighted by molar-refractivity contribution is 5.90. The molecule has 0 radical (unpaired) electrons. The number of aromatic nitrogens is 4. The van der Waals surface area contributed by atoms with Crippen LogP contribution in [0, 0.1) is 0 Å². The Balaban J connectivity index is 1.87. The second kappa shape index (κ2) is 6.43. The molecule has 0 fully saturated rings. The van der Waals surface area contributed by atoms with Gasteiger partial charge in [0.1, 0.15) is 5.75 Å².